The van der Waals surface area contributed by atoms with Crippen molar-refractivity contribution in [1.82, 2.24) is 0 Å². The number of fused-ring (bicyclic) bond motifs is 2. The second-order valence-corrected chi connectivity index (χ2v) is 6.31. The van der Waals surface area contributed by atoms with Gasteiger partial charge in [0.25, 0.3) is 5.91 Å². The van der Waals surface area contributed by atoms with E-state index in [9.17, 15) is 4.79 Å². The van der Waals surface area contributed by atoms with E-state index in [1.807, 2.05) is 12.1 Å². The first-order chi connectivity index (χ1) is 12.3. The second kappa shape index (κ2) is 6.67. The molecular weight excluding hydrogens is 318 g/mol. The van der Waals surface area contributed by atoms with Gasteiger partial charge in [-0.1, -0.05) is 12.1 Å². The average molecular weight is 339 g/mol. The van der Waals surface area contributed by atoms with E-state index in [2.05, 4.69) is 11.4 Å². The number of hydrogen-bond acceptors (Lipinski definition) is 4. The van der Waals surface area contributed by atoms with Gasteiger partial charge < -0.3 is 19.5 Å². The lowest BCUT2D eigenvalue weighted by Crippen LogP contribution is -2.19. The minimum Gasteiger partial charge on any atom is -0.493 e. The molecule has 1 aliphatic heterocycles. The molecule has 0 aromatic heterocycles. The molecule has 130 valence electrons. The monoisotopic (exact) mass is 339 g/mol. The molecule has 1 N–H and O–H groups in total. The molecule has 1 amide bonds. The zero-order valence-corrected chi connectivity index (χ0v) is 14.3. The summed E-state index contributed by atoms with van der Waals surface area (Å²) in [5, 5.41) is 3.05. The molecule has 2 aliphatic rings. The van der Waals surface area contributed by atoms with E-state index in [1.165, 1.54) is 17.5 Å². The lowest BCUT2D eigenvalue weighted by Gasteiger charge is -2.22. The minimum atomic E-state index is -0.172. The summed E-state index contributed by atoms with van der Waals surface area (Å²) in [4.78, 5) is 12.8. The Bertz CT molecular complexity index is 798. The summed E-state index contributed by atoms with van der Waals surface area (Å²) in [6.07, 6.45) is 4.47. The smallest absolute Gasteiger partial charge is 0.255 e. The molecule has 2 aromatic rings. The van der Waals surface area contributed by atoms with Crippen molar-refractivity contribution in [2.75, 3.05) is 25.6 Å². The van der Waals surface area contributed by atoms with Crippen molar-refractivity contribution in [3.8, 4) is 17.2 Å². The van der Waals surface area contributed by atoms with E-state index in [0.29, 0.717) is 36.0 Å². The number of carbonyl (C=O) groups is 1. The first kappa shape index (κ1) is 15.8. The Morgan fingerprint density at radius 1 is 1.12 bits per heavy atom. The van der Waals surface area contributed by atoms with Crippen LogP contribution in [0.4, 0.5) is 5.69 Å². The number of ether oxygens (including phenoxy) is 3. The van der Waals surface area contributed by atoms with Gasteiger partial charge >= 0.3 is 0 Å². The van der Waals surface area contributed by atoms with Gasteiger partial charge in [-0.05, 0) is 55.0 Å². The highest BCUT2D eigenvalue weighted by Gasteiger charge is 2.22. The normalized spacial score (nSPS) is 15.2. The van der Waals surface area contributed by atoms with Crippen LogP contribution in [-0.2, 0) is 12.8 Å². The van der Waals surface area contributed by atoms with E-state index in [1.54, 1.807) is 19.2 Å². The maximum absolute atomic E-state index is 12.8. The van der Waals surface area contributed by atoms with Crippen LogP contribution < -0.4 is 19.5 Å². The van der Waals surface area contributed by atoms with Crippen molar-refractivity contribution in [2.45, 2.75) is 25.7 Å². The molecule has 0 bridgehead atoms. The second-order valence-electron chi connectivity index (χ2n) is 6.31. The molecule has 1 heterocycles. The van der Waals surface area contributed by atoms with Crippen molar-refractivity contribution >= 4 is 11.6 Å². The van der Waals surface area contributed by atoms with Crippen molar-refractivity contribution in [2.24, 2.45) is 0 Å². The number of aryl methyl sites for hydroxylation is 1. The Kier molecular flexibility index (Phi) is 4.22. The number of carbonyl (C=O) groups excluding carboxylic acids is 1. The van der Waals surface area contributed by atoms with Crippen LogP contribution >= 0.6 is 0 Å². The highest BCUT2D eigenvalue weighted by atomic mass is 16.6. The fraction of sp³-hybridized carbons (Fsp3) is 0.350. The van der Waals surface area contributed by atoms with Gasteiger partial charge in [0.15, 0.2) is 11.5 Å². The van der Waals surface area contributed by atoms with E-state index >= 15 is 0 Å². The molecule has 0 fully saturated rings. The summed E-state index contributed by atoms with van der Waals surface area (Å²) < 4.78 is 16.6. The van der Waals surface area contributed by atoms with Crippen molar-refractivity contribution in [3.05, 3.63) is 47.0 Å². The highest BCUT2D eigenvalue weighted by Crippen LogP contribution is 2.40. The van der Waals surface area contributed by atoms with Crippen molar-refractivity contribution in [3.63, 3.8) is 0 Å². The van der Waals surface area contributed by atoms with E-state index < -0.39 is 0 Å². The predicted molar refractivity (Wildman–Crippen MR) is 95.0 cm³/mol. The lowest BCUT2D eigenvalue weighted by atomic mass is 9.90. The van der Waals surface area contributed by atoms with Crippen LogP contribution in [-0.4, -0.2) is 26.2 Å². The number of methoxy groups -OCH3 is 1. The summed E-state index contributed by atoms with van der Waals surface area (Å²) in [7, 11) is 1.56. The van der Waals surface area contributed by atoms with Gasteiger partial charge in [-0.25, -0.2) is 0 Å². The van der Waals surface area contributed by atoms with Gasteiger partial charge in [-0.15, -0.1) is 0 Å². The molecule has 1 aliphatic carbocycles. The van der Waals surface area contributed by atoms with Gasteiger partial charge in [-0.3, -0.25) is 4.79 Å². The molecule has 0 unspecified atom stereocenters. The maximum atomic E-state index is 12.8. The van der Waals surface area contributed by atoms with Gasteiger partial charge in [0.2, 0.25) is 5.75 Å². The first-order valence-corrected chi connectivity index (χ1v) is 8.66. The third-order valence-electron chi connectivity index (χ3n) is 4.73. The Balaban J connectivity index is 1.64. The zero-order valence-electron chi connectivity index (χ0n) is 14.3. The predicted octanol–water partition coefficient (Wildman–Crippen LogP) is 3.60. The number of rotatable bonds is 3. The lowest BCUT2D eigenvalue weighted by molar-refractivity contribution is 0.102. The third kappa shape index (κ3) is 3.02. The topological polar surface area (TPSA) is 56.8 Å². The summed E-state index contributed by atoms with van der Waals surface area (Å²) >= 11 is 0. The summed E-state index contributed by atoms with van der Waals surface area (Å²) in [6, 6.07) is 9.53. The SMILES string of the molecule is COc1cc(C(=O)Nc2cccc3c2CCCC3)cc2c1OCCO2. The van der Waals surface area contributed by atoms with Gasteiger partial charge in [0.1, 0.15) is 13.2 Å². The van der Waals surface area contributed by atoms with E-state index in [0.717, 1.165) is 24.9 Å². The Labute approximate surface area is 146 Å². The van der Waals surface area contributed by atoms with Gasteiger partial charge in [0, 0.05) is 11.3 Å². The van der Waals surface area contributed by atoms with Crippen LogP contribution in [0.5, 0.6) is 17.2 Å². The fourth-order valence-electron chi connectivity index (χ4n) is 3.50. The van der Waals surface area contributed by atoms with Crippen LogP contribution in [0.15, 0.2) is 30.3 Å². The Morgan fingerprint density at radius 3 is 2.84 bits per heavy atom. The molecular formula is C20H21NO4. The maximum Gasteiger partial charge on any atom is 0.255 e. The summed E-state index contributed by atoms with van der Waals surface area (Å²) in [5.74, 6) is 1.44. The average Bonchev–Trinajstić information content (AvgIpc) is 2.67. The van der Waals surface area contributed by atoms with E-state index in [-0.39, 0.29) is 5.91 Å². The molecule has 2 aromatic carbocycles. The molecule has 5 heteroatoms. The van der Waals surface area contributed by atoms with Gasteiger partial charge in [0.05, 0.1) is 7.11 Å². The van der Waals surface area contributed by atoms with Crippen LogP contribution in [0.2, 0.25) is 0 Å². The molecule has 0 radical (unpaired) electrons. The van der Waals surface area contributed by atoms with Crippen molar-refractivity contribution < 1.29 is 19.0 Å². The zero-order chi connectivity index (χ0) is 17.2. The standard InChI is InChI=1S/C20H21NO4/c1-23-17-11-14(12-18-19(17)25-10-9-24-18)20(22)21-16-8-4-6-13-5-2-3-7-15(13)16/h4,6,8,11-12H,2-3,5,7,9-10H2,1H3,(H,21,22). The van der Waals surface area contributed by atoms with Crippen LogP contribution in [0, 0.1) is 0 Å². The summed E-state index contributed by atoms with van der Waals surface area (Å²) in [6.45, 7) is 0.943. The van der Waals surface area contributed by atoms with Gasteiger partial charge in [-0.2, -0.15) is 0 Å². The Hall–Kier alpha value is -2.69. The largest absolute Gasteiger partial charge is 0.493 e. The minimum absolute atomic E-state index is 0.172. The van der Waals surface area contributed by atoms with Crippen LogP contribution in [0.25, 0.3) is 0 Å². The molecule has 4 rings (SSSR count). The third-order valence-corrected chi connectivity index (χ3v) is 4.73. The fourth-order valence-corrected chi connectivity index (χ4v) is 3.50. The molecule has 25 heavy (non-hydrogen) atoms. The molecule has 5 nitrogen and oxygen atoms in total. The number of nitrogens with one attached hydrogen (secondary N) is 1. The molecule has 0 spiro atoms. The molecule has 0 atom stereocenters. The quantitative estimate of drug-likeness (QED) is 0.928. The number of hydrogen-bond donors (Lipinski definition) is 1. The number of benzene rings is 2. The Morgan fingerprint density at radius 2 is 1.96 bits per heavy atom. The number of anilines is 1. The van der Waals surface area contributed by atoms with Crippen LogP contribution in [0.3, 0.4) is 0 Å². The molecule has 0 saturated heterocycles. The number of amides is 1. The van der Waals surface area contributed by atoms with Crippen LogP contribution in [0.1, 0.15) is 34.3 Å². The first-order valence-electron chi connectivity index (χ1n) is 8.66. The van der Waals surface area contributed by atoms with E-state index in [4.69, 9.17) is 14.2 Å². The van der Waals surface area contributed by atoms with Crippen molar-refractivity contribution in [1.29, 1.82) is 0 Å². The molecule has 0 saturated carbocycles. The highest BCUT2D eigenvalue weighted by molar-refractivity contribution is 6.05. The summed E-state index contributed by atoms with van der Waals surface area (Å²) in [5.41, 5.74) is 3.99.